The van der Waals surface area contributed by atoms with Crippen molar-refractivity contribution in [1.82, 2.24) is 9.21 Å². The first-order valence-electron chi connectivity index (χ1n) is 9.84. The topological polar surface area (TPSA) is 96.0 Å². The van der Waals surface area contributed by atoms with Gasteiger partial charge in [-0.2, -0.15) is 4.31 Å². The van der Waals surface area contributed by atoms with E-state index >= 15 is 0 Å². The number of carbonyl (C=O) groups excluding carboxylic acids is 2. The predicted molar refractivity (Wildman–Crippen MR) is 116 cm³/mol. The van der Waals surface area contributed by atoms with Crippen LogP contribution in [-0.4, -0.2) is 61.7 Å². The molecule has 0 radical (unpaired) electrons. The summed E-state index contributed by atoms with van der Waals surface area (Å²) in [4.78, 5) is 26.0. The molecule has 164 valence electrons. The number of sulfonamides is 1. The second-order valence-electron chi connectivity index (χ2n) is 7.59. The van der Waals surface area contributed by atoms with Gasteiger partial charge in [0.15, 0.2) is 6.10 Å². The number of nitrogens with one attached hydrogen (secondary N) is 1. The lowest BCUT2D eigenvalue weighted by molar-refractivity contribution is -0.122. The number of carbonyl (C=O) groups is 2. The van der Waals surface area contributed by atoms with E-state index in [9.17, 15) is 18.0 Å². The maximum atomic E-state index is 13.2. The highest BCUT2D eigenvalue weighted by molar-refractivity contribution is 7.89. The third-order valence-corrected chi connectivity index (χ3v) is 7.77. The van der Waals surface area contributed by atoms with E-state index in [1.807, 2.05) is 19.1 Å². The first kappa shape index (κ1) is 21.6. The van der Waals surface area contributed by atoms with Crippen LogP contribution in [0.25, 0.3) is 0 Å². The van der Waals surface area contributed by atoms with Gasteiger partial charge in [0, 0.05) is 37.8 Å². The Bertz CT molecular complexity index is 1140. The SMILES string of the molecule is Cc1ccc(C(=O)N2CCN(S(=O)(=O)c3cc4c(cc3Cl)NC(=O)C(C)O4)CC2)cc1. The fourth-order valence-corrected chi connectivity index (χ4v) is 5.49. The molecule has 2 heterocycles. The molecule has 8 nitrogen and oxygen atoms in total. The van der Waals surface area contributed by atoms with E-state index < -0.39 is 16.1 Å². The molecule has 2 aromatic rings. The number of nitrogens with zero attached hydrogens (tertiary/aromatic N) is 2. The molecule has 2 aliphatic rings. The Labute approximate surface area is 185 Å². The van der Waals surface area contributed by atoms with Crippen LogP contribution in [-0.2, 0) is 14.8 Å². The van der Waals surface area contributed by atoms with Crippen LogP contribution in [0.1, 0.15) is 22.8 Å². The fraction of sp³-hybridized carbons (Fsp3) is 0.333. The molecule has 2 amide bonds. The molecule has 2 aliphatic heterocycles. The van der Waals surface area contributed by atoms with Gasteiger partial charge in [0.1, 0.15) is 10.6 Å². The van der Waals surface area contributed by atoms with E-state index in [1.54, 1.807) is 24.0 Å². The quantitative estimate of drug-likeness (QED) is 0.754. The van der Waals surface area contributed by atoms with Gasteiger partial charge in [-0.3, -0.25) is 9.59 Å². The minimum Gasteiger partial charge on any atom is -0.479 e. The van der Waals surface area contributed by atoms with Gasteiger partial charge >= 0.3 is 0 Å². The molecule has 1 atom stereocenters. The van der Waals surface area contributed by atoms with Gasteiger partial charge in [0.05, 0.1) is 10.7 Å². The summed E-state index contributed by atoms with van der Waals surface area (Å²) in [6.45, 7) is 4.38. The summed E-state index contributed by atoms with van der Waals surface area (Å²) >= 11 is 6.24. The second kappa shape index (κ2) is 8.14. The monoisotopic (exact) mass is 463 g/mol. The molecule has 4 rings (SSSR count). The summed E-state index contributed by atoms with van der Waals surface area (Å²) in [5.41, 5.74) is 1.97. The average Bonchev–Trinajstić information content (AvgIpc) is 2.74. The predicted octanol–water partition coefficient (Wildman–Crippen LogP) is 2.51. The number of fused-ring (bicyclic) bond motifs is 1. The smallest absolute Gasteiger partial charge is 0.265 e. The van der Waals surface area contributed by atoms with Crippen molar-refractivity contribution >= 4 is 39.1 Å². The van der Waals surface area contributed by atoms with Crippen molar-refractivity contribution in [3.05, 3.63) is 52.5 Å². The second-order valence-corrected chi connectivity index (χ2v) is 9.90. The van der Waals surface area contributed by atoms with Crippen LogP contribution in [0.5, 0.6) is 5.75 Å². The number of aryl methyl sites for hydroxylation is 1. The van der Waals surface area contributed by atoms with E-state index in [4.69, 9.17) is 16.3 Å². The maximum Gasteiger partial charge on any atom is 0.265 e. The summed E-state index contributed by atoms with van der Waals surface area (Å²) in [6.07, 6.45) is -0.736. The maximum absolute atomic E-state index is 13.2. The van der Waals surface area contributed by atoms with E-state index in [0.29, 0.717) is 11.3 Å². The molecular formula is C21H22ClN3O5S. The van der Waals surface area contributed by atoms with Gasteiger partial charge in [-0.15, -0.1) is 0 Å². The molecule has 10 heteroatoms. The van der Waals surface area contributed by atoms with Crippen LogP contribution in [0.15, 0.2) is 41.3 Å². The summed E-state index contributed by atoms with van der Waals surface area (Å²) in [5, 5.41) is 2.64. The highest BCUT2D eigenvalue weighted by atomic mass is 35.5. The molecule has 1 fully saturated rings. The fourth-order valence-electron chi connectivity index (χ4n) is 3.56. The van der Waals surface area contributed by atoms with E-state index in [-0.39, 0.29) is 53.7 Å². The minimum atomic E-state index is -3.91. The number of ether oxygens (including phenoxy) is 1. The summed E-state index contributed by atoms with van der Waals surface area (Å²) in [5.74, 6) is -0.196. The Hall–Kier alpha value is -2.62. The Kier molecular flexibility index (Phi) is 5.67. The summed E-state index contributed by atoms with van der Waals surface area (Å²) in [6, 6.07) is 10.0. The zero-order valence-corrected chi connectivity index (χ0v) is 18.7. The number of hydrogen-bond acceptors (Lipinski definition) is 5. The van der Waals surface area contributed by atoms with Gasteiger partial charge in [-0.25, -0.2) is 8.42 Å². The minimum absolute atomic E-state index is 0.00429. The summed E-state index contributed by atoms with van der Waals surface area (Å²) in [7, 11) is -3.91. The number of hydrogen-bond donors (Lipinski definition) is 1. The number of halogens is 1. The van der Waals surface area contributed by atoms with E-state index in [0.717, 1.165) is 5.56 Å². The third-order valence-electron chi connectivity index (χ3n) is 5.41. The van der Waals surface area contributed by atoms with Crippen LogP contribution in [0.4, 0.5) is 5.69 Å². The van der Waals surface area contributed by atoms with Crippen LogP contribution in [0.2, 0.25) is 5.02 Å². The van der Waals surface area contributed by atoms with Gasteiger partial charge in [-0.05, 0) is 32.0 Å². The van der Waals surface area contributed by atoms with E-state index in [1.165, 1.54) is 16.4 Å². The van der Waals surface area contributed by atoms with Crippen molar-refractivity contribution in [2.45, 2.75) is 24.8 Å². The van der Waals surface area contributed by atoms with Crippen molar-refractivity contribution < 1.29 is 22.7 Å². The Balaban J connectivity index is 1.51. The number of rotatable bonds is 3. The largest absolute Gasteiger partial charge is 0.479 e. The highest BCUT2D eigenvalue weighted by Gasteiger charge is 2.34. The van der Waals surface area contributed by atoms with Gasteiger partial charge in [0.25, 0.3) is 11.8 Å². The molecule has 0 bridgehead atoms. The lowest BCUT2D eigenvalue weighted by Gasteiger charge is -2.34. The van der Waals surface area contributed by atoms with Gasteiger partial charge < -0.3 is 15.0 Å². The van der Waals surface area contributed by atoms with Crippen molar-refractivity contribution in [2.24, 2.45) is 0 Å². The van der Waals surface area contributed by atoms with Gasteiger partial charge in [0.2, 0.25) is 10.0 Å². The Morgan fingerprint density at radius 1 is 1.13 bits per heavy atom. The lowest BCUT2D eigenvalue weighted by atomic mass is 10.1. The lowest BCUT2D eigenvalue weighted by Crippen LogP contribution is -2.50. The van der Waals surface area contributed by atoms with Crippen molar-refractivity contribution in [3.8, 4) is 5.75 Å². The molecule has 2 aromatic carbocycles. The Morgan fingerprint density at radius 3 is 2.42 bits per heavy atom. The molecule has 31 heavy (non-hydrogen) atoms. The zero-order valence-electron chi connectivity index (χ0n) is 17.1. The molecular weight excluding hydrogens is 442 g/mol. The number of piperazine rings is 1. The zero-order chi connectivity index (χ0) is 22.3. The molecule has 0 saturated carbocycles. The van der Waals surface area contributed by atoms with Crippen LogP contribution in [0.3, 0.4) is 0 Å². The molecule has 1 N–H and O–H groups in total. The normalized spacial score (nSPS) is 19.4. The molecule has 0 aliphatic carbocycles. The Morgan fingerprint density at radius 2 is 1.77 bits per heavy atom. The number of benzene rings is 2. The molecule has 0 spiro atoms. The van der Waals surface area contributed by atoms with Crippen molar-refractivity contribution in [3.63, 3.8) is 0 Å². The van der Waals surface area contributed by atoms with Crippen molar-refractivity contribution in [2.75, 3.05) is 31.5 Å². The van der Waals surface area contributed by atoms with Crippen LogP contribution < -0.4 is 10.1 Å². The first-order chi connectivity index (χ1) is 14.7. The van der Waals surface area contributed by atoms with E-state index in [2.05, 4.69) is 5.32 Å². The highest BCUT2D eigenvalue weighted by Crippen LogP contribution is 2.38. The van der Waals surface area contributed by atoms with Crippen LogP contribution >= 0.6 is 11.6 Å². The molecule has 0 aromatic heterocycles. The first-order valence-corrected chi connectivity index (χ1v) is 11.7. The summed E-state index contributed by atoms with van der Waals surface area (Å²) < 4.78 is 33.3. The number of amides is 2. The molecule has 1 unspecified atom stereocenters. The number of anilines is 1. The average molecular weight is 464 g/mol. The third kappa shape index (κ3) is 4.13. The van der Waals surface area contributed by atoms with Crippen molar-refractivity contribution in [1.29, 1.82) is 0 Å². The molecule has 1 saturated heterocycles. The standard InChI is InChI=1S/C21H22ClN3O5S/c1-13-3-5-15(6-4-13)21(27)24-7-9-25(10-8-24)31(28,29)19-12-18-17(11-16(19)22)23-20(26)14(2)30-18/h3-6,11-12,14H,7-10H2,1-2H3,(H,23,26). The van der Waals surface area contributed by atoms with Gasteiger partial charge in [-0.1, -0.05) is 29.3 Å². The van der Waals surface area contributed by atoms with Crippen LogP contribution in [0, 0.1) is 6.92 Å².